The van der Waals surface area contributed by atoms with E-state index in [1.165, 1.54) is 6.07 Å². The van der Waals surface area contributed by atoms with Gasteiger partial charge in [-0.2, -0.15) is 0 Å². The molecule has 0 aliphatic carbocycles. The van der Waals surface area contributed by atoms with Crippen molar-refractivity contribution < 1.29 is 18.0 Å². The third-order valence-corrected chi connectivity index (χ3v) is 4.23. The van der Waals surface area contributed by atoms with Crippen LogP contribution in [0.5, 0.6) is 0 Å². The van der Waals surface area contributed by atoms with Crippen LogP contribution in [0.4, 0.5) is 18.9 Å². The van der Waals surface area contributed by atoms with E-state index >= 15 is 0 Å². The number of nitrogens with zero attached hydrogens (tertiary/aromatic N) is 2. The quantitative estimate of drug-likeness (QED) is 0.767. The van der Waals surface area contributed by atoms with E-state index in [9.17, 15) is 18.0 Å². The molecule has 3 rings (SSSR count). The van der Waals surface area contributed by atoms with Crippen LogP contribution in [0.3, 0.4) is 0 Å². The van der Waals surface area contributed by atoms with E-state index in [2.05, 4.69) is 0 Å². The lowest BCUT2D eigenvalue weighted by molar-refractivity contribution is 0.0746. The Labute approximate surface area is 142 Å². The lowest BCUT2D eigenvalue weighted by Gasteiger charge is -2.36. The number of carbonyl (C=O) groups excluding carboxylic acids is 1. The highest BCUT2D eigenvalue weighted by Gasteiger charge is 2.25. The lowest BCUT2D eigenvalue weighted by Crippen LogP contribution is -2.49. The molecular formula is C17H14ClF3N2O. The number of amides is 1. The average Bonchev–Trinajstić information content (AvgIpc) is 2.59. The minimum Gasteiger partial charge on any atom is -0.366 e. The smallest absolute Gasteiger partial charge is 0.254 e. The molecule has 7 heteroatoms. The third kappa shape index (κ3) is 3.19. The molecule has 0 bridgehead atoms. The van der Waals surface area contributed by atoms with Crippen LogP contribution in [0.1, 0.15) is 10.4 Å². The van der Waals surface area contributed by atoms with E-state index in [-0.39, 0.29) is 11.6 Å². The second-order valence-corrected chi connectivity index (χ2v) is 5.92. The van der Waals surface area contributed by atoms with Crippen LogP contribution in [-0.4, -0.2) is 37.0 Å². The molecule has 126 valence electrons. The molecule has 0 radical (unpaired) electrons. The Kier molecular flexibility index (Phi) is 4.66. The molecule has 0 aromatic heterocycles. The summed E-state index contributed by atoms with van der Waals surface area (Å²) in [5.41, 5.74) is 0.485. The van der Waals surface area contributed by atoms with E-state index in [0.29, 0.717) is 36.8 Å². The first-order chi connectivity index (χ1) is 11.5. The Morgan fingerprint density at radius 3 is 2.33 bits per heavy atom. The number of rotatable bonds is 2. The number of hydrogen-bond donors (Lipinski definition) is 0. The van der Waals surface area contributed by atoms with Crippen molar-refractivity contribution >= 4 is 23.2 Å². The van der Waals surface area contributed by atoms with Gasteiger partial charge in [0.2, 0.25) is 0 Å². The fourth-order valence-corrected chi connectivity index (χ4v) is 2.90. The number of halogens is 4. The standard InChI is InChI=1S/C17H14ClF3N2O/c18-12-3-1-2-11(10-12)17(24)23-8-6-22(7-9-23)14-5-4-13(19)15(20)16(14)21/h1-5,10H,6-9H2. The van der Waals surface area contributed by atoms with Crippen LogP contribution in [0.15, 0.2) is 36.4 Å². The first kappa shape index (κ1) is 16.6. The van der Waals surface area contributed by atoms with Gasteiger partial charge in [-0.15, -0.1) is 0 Å². The van der Waals surface area contributed by atoms with Gasteiger partial charge >= 0.3 is 0 Å². The molecule has 0 atom stereocenters. The highest BCUT2D eigenvalue weighted by molar-refractivity contribution is 6.30. The average molecular weight is 355 g/mol. The van der Waals surface area contributed by atoms with Gasteiger partial charge in [0.1, 0.15) is 0 Å². The van der Waals surface area contributed by atoms with Crippen molar-refractivity contribution in [2.75, 3.05) is 31.1 Å². The number of carbonyl (C=O) groups is 1. The molecule has 1 aliphatic rings. The largest absolute Gasteiger partial charge is 0.366 e. The van der Waals surface area contributed by atoms with Crippen LogP contribution >= 0.6 is 11.6 Å². The molecule has 1 aliphatic heterocycles. The third-order valence-electron chi connectivity index (χ3n) is 3.99. The van der Waals surface area contributed by atoms with E-state index in [0.717, 1.165) is 6.07 Å². The van der Waals surface area contributed by atoms with Crippen molar-refractivity contribution in [2.24, 2.45) is 0 Å². The van der Waals surface area contributed by atoms with Crippen LogP contribution in [0.2, 0.25) is 5.02 Å². The van der Waals surface area contributed by atoms with Crippen molar-refractivity contribution in [1.82, 2.24) is 4.90 Å². The molecule has 2 aromatic rings. The molecule has 0 unspecified atom stereocenters. The molecule has 1 saturated heterocycles. The minimum absolute atomic E-state index is 0.00348. The summed E-state index contributed by atoms with van der Waals surface area (Å²) in [4.78, 5) is 15.6. The summed E-state index contributed by atoms with van der Waals surface area (Å²) < 4.78 is 40.2. The van der Waals surface area contributed by atoms with Gasteiger partial charge in [0.05, 0.1) is 5.69 Å². The highest BCUT2D eigenvalue weighted by Crippen LogP contribution is 2.25. The summed E-state index contributed by atoms with van der Waals surface area (Å²) >= 11 is 5.89. The van der Waals surface area contributed by atoms with Gasteiger partial charge in [-0.3, -0.25) is 4.79 Å². The Hall–Kier alpha value is -2.21. The van der Waals surface area contributed by atoms with Crippen molar-refractivity contribution in [3.8, 4) is 0 Å². The van der Waals surface area contributed by atoms with Crippen molar-refractivity contribution in [3.05, 3.63) is 64.4 Å². The number of anilines is 1. The fraction of sp³-hybridized carbons (Fsp3) is 0.235. The molecule has 24 heavy (non-hydrogen) atoms. The Bertz CT molecular complexity index is 776. The minimum atomic E-state index is -1.48. The van der Waals surface area contributed by atoms with E-state index in [4.69, 9.17) is 11.6 Å². The maximum absolute atomic E-state index is 13.9. The topological polar surface area (TPSA) is 23.6 Å². The zero-order chi connectivity index (χ0) is 17.3. The molecular weight excluding hydrogens is 341 g/mol. The molecule has 1 amide bonds. The van der Waals surface area contributed by atoms with Gasteiger partial charge in [-0.05, 0) is 30.3 Å². The first-order valence-electron chi connectivity index (χ1n) is 7.40. The summed E-state index contributed by atoms with van der Waals surface area (Å²) in [7, 11) is 0. The maximum Gasteiger partial charge on any atom is 0.254 e. The first-order valence-corrected chi connectivity index (χ1v) is 7.78. The Morgan fingerprint density at radius 2 is 1.67 bits per heavy atom. The van der Waals surface area contributed by atoms with Gasteiger partial charge in [-0.25, -0.2) is 13.2 Å². The van der Waals surface area contributed by atoms with Crippen LogP contribution in [-0.2, 0) is 0 Å². The summed E-state index contributed by atoms with van der Waals surface area (Å²) in [5, 5.41) is 0.475. The zero-order valence-corrected chi connectivity index (χ0v) is 13.4. The van der Waals surface area contributed by atoms with Crippen LogP contribution in [0.25, 0.3) is 0 Å². The molecule has 3 nitrogen and oxygen atoms in total. The molecule has 1 fully saturated rings. The summed E-state index contributed by atoms with van der Waals surface area (Å²) in [6.45, 7) is 1.36. The van der Waals surface area contributed by atoms with Crippen molar-refractivity contribution in [1.29, 1.82) is 0 Å². The monoisotopic (exact) mass is 354 g/mol. The molecule has 1 heterocycles. The maximum atomic E-state index is 13.9. The van der Waals surface area contributed by atoms with Crippen LogP contribution in [0, 0.1) is 17.5 Å². The van der Waals surface area contributed by atoms with Gasteiger partial charge < -0.3 is 9.80 Å². The number of benzene rings is 2. The lowest BCUT2D eigenvalue weighted by atomic mass is 10.1. The van der Waals surface area contributed by atoms with Crippen molar-refractivity contribution in [3.63, 3.8) is 0 Å². The number of piperazine rings is 1. The van der Waals surface area contributed by atoms with E-state index in [1.807, 2.05) is 0 Å². The predicted molar refractivity (Wildman–Crippen MR) is 85.9 cm³/mol. The van der Waals surface area contributed by atoms with Crippen molar-refractivity contribution in [2.45, 2.75) is 0 Å². The zero-order valence-electron chi connectivity index (χ0n) is 12.6. The summed E-state index contributed by atoms with van der Waals surface area (Å²) in [6.07, 6.45) is 0. The second kappa shape index (κ2) is 6.73. The summed E-state index contributed by atoms with van der Waals surface area (Å²) in [5.74, 6) is -4.07. The van der Waals surface area contributed by atoms with E-state index < -0.39 is 17.5 Å². The van der Waals surface area contributed by atoms with Gasteiger partial charge in [0.15, 0.2) is 17.5 Å². The van der Waals surface area contributed by atoms with Crippen LogP contribution < -0.4 is 4.90 Å². The Morgan fingerprint density at radius 1 is 0.958 bits per heavy atom. The van der Waals surface area contributed by atoms with Gasteiger partial charge in [0.25, 0.3) is 5.91 Å². The van der Waals surface area contributed by atoms with E-state index in [1.54, 1.807) is 34.1 Å². The fourth-order valence-electron chi connectivity index (χ4n) is 2.71. The molecule has 0 N–H and O–H groups in total. The predicted octanol–water partition coefficient (Wildman–Crippen LogP) is 3.72. The molecule has 0 saturated carbocycles. The van der Waals surface area contributed by atoms with Gasteiger partial charge in [-0.1, -0.05) is 17.7 Å². The number of hydrogen-bond acceptors (Lipinski definition) is 2. The molecule has 2 aromatic carbocycles. The second-order valence-electron chi connectivity index (χ2n) is 5.48. The SMILES string of the molecule is O=C(c1cccc(Cl)c1)N1CCN(c2ccc(F)c(F)c2F)CC1. The van der Waals surface area contributed by atoms with Gasteiger partial charge in [0, 0.05) is 36.8 Å². The Balaban J connectivity index is 1.70. The summed E-state index contributed by atoms with van der Waals surface area (Å²) in [6, 6.07) is 8.75. The normalized spacial score (nSPS) is 14.8. The highest BCUT2D eigenvalue weighted by atomic mass is 35.5. The molecule has 0 spiro atoms.